The molecule has 1 aromatic rings. The van der Waals surface area contributed by atoms with Gasteiger partial charge in [-0.3, -0.25) is 4.90 Å². The minimum absolute atomic E-state index is 0. The summed E-state index contributed by atoms with van der Waals surface area (Å²) in [6.07, 6.45) is 0. The first-order valence-electron chi connectivity index (χ1n) is 7.21. The molecule has 1 atom stereocenters. The molecule has 1 heterocycles. The maximum atomic E-state index is 13.6. The van der Waals surface area contributed by atoms with Crippen LogP contribution in [0.1, 0.15) is 32.4 Å². The number of nitrogens with one attached hydrogen (secondary N) is 1. The van der Waals surface area contributed by atoms with Gasteiger partial charge < -0.3 is 10.1 Å². The summed E-state index contributed by atoms with van der Waals surface area (Å²) in [5, 5.41) is 3.38. The van der Waals surface area contributed by atoms with E-state index in [9.17, 15) is 4.39 Å². The van der Waals surface area contributed by atoms with Gasteiger partial charge in [0.15, 0.2) is 11.6 Å². The summed E-state index contributed by atoms with van der Waals surface area (Å²) in [5.41, 5.74) is 1.21. The molecule has 1 aliphatic rings. The average molecular weight is 353 g/mol. The van der Waals surface area contributed by atoms with Crippen molar-refractivity contribution >= 4 is 24.8 Å². The van der Waals surface area contributed by atoms with E-state index in [0.29, 0.717) is 5.75 Å². The summed E-state index contributed by atoms with van der Waals surface area (Å²) < 4.78 is 18.8. The fourth-order valence-electron chi connectivity index (χ4n) is 3.05. The zero-order valence-corrected chi connectivity index (χ0v) is 15.3. The van der Waals surface area contributed by atoms with E-state index in [4.69, 9.17) is 4.74 Å². The highest BCUT2D eigenvalue weighted by Gasteiger charge is 2.32. The van der Waals surface area contributed by atoms with Crippen molar-refractivity contribution in [2.24, 2.45) is 5.41 Å². The van der Waals surface area contributed by atoms with Crippen LogP contribution in [0.3, 0.4) is 0 Å². The quantitative estimate of drug-likeness (QED) is 0.897. The molecule has 22 heavy (non-hydrogen) atoms. The zero-order valence-electron chi connectivity index (χ0n) is 13.7. The van der Waals surface area contributed by atoms with Crippen molar-refractivity contribution in [3.8, 4) is 5.75 Å². The molecule has 0 radical (unpaired) electrons. The first-order chi connectivity index (χ1) is 9.43. The molecule has 1 saturated heterocycles. The summed E-state index contributed by atoms with van der Waals surface area (Å²) in [4.78, 5) is 2.48. The zero-order chi connectivity index (χ0) is 14.8. The van der Waals surface area contributed by atoms with Crippen LogP contribution in [0, 0.1) is 11.2 Å². The van der Waals surface area contributed by atoms with Gasteiger partial charge in [0, 0.05) is 32.2 Å². The largest absolute Gasteiger partial charge is 0.494 e. The van der Waals surface area contributed by atoms with Crippen LogP contribution in [0.15, 0.2) is 18.2 Å². The molecule has 0 aromatic heterocycles. The van der Waals surface area contributed by atoms with Gasteiger partial charge in [-0.1, -0.05) is 26.8 Å². The third-order valence-corrected chi connectivity index (χ3v) is 3.83. The second-order valence-electron chi connectivity index (χ2n) is 6.45. The molecule has 0 spiro atoms. The number of piperazine rings is 1. The van der Waals surface area contributed by atoms with Gasteiger partial charge in [0.2, 0.25) is 0 Å². The Hall–Kier alpha value is -0.550. The van der Waals surface area contributed by atoms with E-state index >= 15 is 0 Å². The van der Waals surface area contributed by atoms with E-state index in [-0.39, 0.29) is 42.1 Å². The van der Waals surface area contributed by atoms with Crippen LogP contribution in [0.4, 0.5) is 4.39 Å². The smallest absolute Gasteiger partial charge is 0.165 e. The molecule has 2 rings (SSSR count). The van der Waals surface area contributed by atoms with E-state index in [0.717, 1.165) is 31.7 Å². The predicted octanol–water partition coefficient (Wildman–Crippen LogP) is 3.67. The number of nitrogens with zero attached hydrogens (tertiary/aromatic N) is 1. The molecule has 1 N–H and O–H groups in total. The lowest BCUT2D eigenvalue weighted by Crippen LogP contribution is -2.48. The SMILES string of the molecule is COc1cc([C@H](N2CCNCC2)C(C)(C)C)ccc1F.Cl.Cl. The summed E-state index contributed by atoms with van der Waals surface area (Å²) in [7, 11) is 1.51. The van der Waals surface area contributed by atoms with Crippen LogP contribution in [-0.4, -0.2) is 38.2 Å². The van der Waals surface area contributed by atoms with Gasteiger partial charge in [-0.2, -0.15) is 0 Å². The standard InChI is InChI=1S/C16H25FN2O.2ClH/c1-16(2,3)15(19-9-7-18-8-10-19)12-5-6-13(17)14(11-12)20-4;;/h5-6,11,15,18H,7-10H2,1-4H3;2*1H/t15-;;/m0../s1. The molecular weight excluding hydrogens is 326 g/mol. The van der Waals surface area contributed by atoms with Crippen molar-refractivity contribution in [3.05, 3.63) is 29.6 Å². The van der Waals surface area contributed by atoms with Crippen LogP contribution in [0.2, 0.25) is 0 Å². The summed E-state index contributed by atoms with van der Waals surface area (Å²) in [5.74, 6) is 0.0242. The molecular formula is C16H27Cl2FN2O. The number of ether oxygens (including phenoxy) is 1. The van der Waals surface area contributed by atoms with Crippen molar-refractivity contribution in [3.63, 3.8) is 0 Å². The molecule has 0 unspecified atom stereocenters. The van der Waals surface area contributed by atoms with Crippen molar-refractivity contribution < 1.29 is 9.13 Å². The Bertz CT molecular complexity index is 460. The van der Waals surface area contributed by atoms with Crippen LogP contribution in [0.25, 0.3) is 0 Å². The van der Waals surface area contributed by atoms with Crippen LogP contribution < -0.4 is 10.1 Å². The number of halogens is 3. The number of hydrogen-bond acceptors (Lipinski definition) is 3. The lowest BCUT2D eigenvalue weighted by Gasteiger charge is -2.42. The van der Waals surface area contributed by atoms with Crippen LogP contribution >= 0.6 is 24.8 Å². The highest BCUT2D eigenvalue weighted by molar-refractivity contribution is 5.85. The fourth-order valence-corrected chi connectivity index (χ4v) is 3.05. The Balaban J connectivity index is 0.00000220. The number of rotatable bonds is 3. The second-order valence-corrected chi connectivity index (χ2v) is 6.45. The van der Waals surface area contributed by atoms with E-state index in [1.165, 1.54) is 13.2 Å². The first kappa shape index (κ1) is 21.4. The molecule has 0 saturated carbocycles. The highest BCUT2D eigenvalue weighted by Crippen LogP contribution is 2.39. The Kier molecular flexibility index (Phi) is 8.70. The molecule has 0 aliphatic carbocycles. The van der Waals surface area contributed by atoms with E-state index < -0.39 is 0 Å². The van der Waals surface area contributed by atoms with Gasteiger partial charge >= 0.3 is 0 Å². The minimum atomic E-state index is -0.302. The maximum absolute atomic E-state index is 13.6. The maximum Gasteiger partial charge on any atom is 0.165 e. The molecule has 1 aromatic carbocycles. The van der Waals surface area contributed by atoms with E-state index in [2.05, 4.69) is 31.0 Å². The van der Waals surface area contributed by atoms with E-state index in [1.54, 1.807) is 0 Å². The minimum Gasteiger partial charge on any atom is -0.494 e. The highest BCUT2D eigenvalue weighted by atomic mass is 35.5. The Labute approximate surface area is 145 Å². The fraction of sp³-hybridized carbons (Fsp3) is 0.625. The van der Waals surface area contributed by atoms with Crippen molar-refractivity contribution in [1.29, 1.82) is 0 Å². The van der Waals surface area contributed by atoms with Gasteiger partial charge in [0.05, 0.1) is 7.11 Å². The summed E-state index contributed by atoms with van der Waals surface area (Å²) in [6.45, 7) is 10.7. The molecule has 1 aliphatic heterocycles. The summed E-state index contributed by atoms with van der Waals surface area (Å²) in [6, 6.07) is 5.50. The average Bonchev–Trinajstić information content (AvgIpc) is 2.40. The second kappa shape index (κ2) is 8.92. The lowest BCUT2D eigenvalue weighted by molar-refractivity contribution is 0.0860. The van der Waals surface area contributed by atoms with Gasteiger partial charge in [-0.05, 0) is 23.1 Å². The molecule has 0 bridgehead atoms. The Morgan fingerprint density at radius 1 is 1.18 bits per heavy atom. The number of methoxy groups -OCH3 is 1. The van der Waals surface area contributed by atoms with E-state index in [1.807, 2.05) is 12.1 Å². The van der Waals surface area contributed by atoms with Gasteiger partial charge in [0.1, 0.15) is 0 Å². The van der Waals surface area contributed by atoms with Gasteiger partial charge in [-0.25, -0.2) is 4.39 Å². The molecule has 6 heteroatoms. The van der Waals surface area contributed by atoms with Crippen LogP contribution in [-0.2, 0) is 0 Å². The Morgan fingerprint density at radius 2 is 1.77 bits per heavy atom. The number of hydrogen-bond donors (Lipinski definition) is 1. The van der Waals surface area contributed by atoms with Crippen molar-refractivity contribution in [1.82, 2.24) is 10.2 Å². The first-order valence-corrected chi connectivity index (χ1v) is 7.21. The normalized spacial score (nSPS) is 17.1. The third kappa shape index (κ3) is 4.98. The predicted molar refractivity (Wildman–Crippen MR) is 94.1 cm³/mol. The third-order valence-electron chi connectivity index (χ3n) is 3.83. The molecule has 3 nitrogen and oxygen atoms in total. The number of benzene rings is 1. The Morgan fingerprint density at radius 3 is 2.27 bits per heavy atom. The monoisotopic (exact) mass is 352 g/mol. The lowest BCUT2D eigenvalue weighted by atomic mass is 9.81. The van der Waals surface area contributed by atoms with Crippen LogP contribution in [0.5, 0.6) is 5.75 Å². The van der Waals surface area contributed by atoms with Crippen molar-refractivity contribution in [2.45, 2.75) is 26.8 Å². The molecule has 0 amide bonds. The van der Waals surface area contributed by atoms with Crippen molar-refractivity contribution in [2.75, 3.05) is 33.3 Å². The molecule has 1 fully saturated rings. The van der Waals surface area contributed by atoms with Gasteiger partial charge in [-0.15, -0.1) is 24.8 Å². The van der Waals surface area contributed by atoms with Gasteiger partial charge in [0.25, 0.3) is 0 Å². The molecule has 128 valence electrons. The summed E-state index contributed by atoms with van der Waals surface area (Å²) >= 11 is 0. The topological polar surface area (TPSA) is 24.5 Å².